The summed E-state index contributed by atoms with van der Waals surface area (Å²) in [7, 11) is 1.66. The lowest BCUT2D eigenvalue weighted by molar-refractivity contribution is -0.161. The van der Waals surface area contributed by atoms with E-state index in [0.717, 1.165) is 37.0 Å². The standard InChI is InChI=1S/C32H40O6/c1-6-36-26(37-7-2)15-19-31(38-22(3)33)18-14-25(34)27-28(31)30-17-9-8-16-29(30,4)32(27,21-20-30)23-10-12-24(35-5)13-11-23/h10-15,18-21,26-28H,6-9,16-17H2,1-5H3/b19-15+/t27-,28+,29+,30+,31-,32+/m1/s1. The van der Waals surface area contributed by atoms with Crippen LogP contribution in [0.5, 0.6) is 5.75 Å². The Morgan fingerprint density at radius 3 is 2.37 bits per heavy atom. The van der Waals surface area contributed by atoms with E-state index >= 15 is 0 Å². The number of hydrogen-bond acceptors (Lipinski definition) is 6. The van der Waals surface area contributed by atoms with Gasteiger partial charge in [-0.2, -0.15) is 0 Å². The Balaban J connectivity index is 1.73. The maximum Gasteiger partial charge on any atom is 0.303 e. The fraction of sp³-hybridized carbons (Fsp3) is 0.562. The molecule has 6 nitrogen and oxygen atoms in total. The quantitative estimate of drug-likeness (QED) is 0.236. The lowest BCUT2D eigenvalue weighted by atomic mass is 9.52. The van der Waals surface area contributed by atoms with Crippen LogP contribution in [-0.4, -0.2) is 44.0 Å². The average molecular weight is 521 g/mol. The fourth-order valence-corrected chi connectivity index (χ4v) is 8.53. The number of hydrogen-bond donors (Lipinski definition) is 0. The molecule has 0 heterocycles. The third kappa shape index (κ3) is 3.60. The molecule has 1 aromatic rings. The van der Waals surface area contributed by atoms with Crippen molar-refractivity contribution in [3.63, 3.8) is 0 Å². The zero-order chi connectivity index (χ0) is 27.2. The van der Waals surface area contributed by atoms with Crippen LogP contribution in [0.2, 0.25) is 0 Å². The summed E-state index contributed by atoms with van der Waals surface area (Å²) >= 11 is 0. The first kappa shape index (κ1) is 26.9. The molecule has 2 fully saturated rings. The molecule has 0 N–H and O–H groups in total. The number of rotatable bonds is 9. The summed E-state index contributed by atoms with van der Waals surface area (Å²) in [6.07, 6.45) is 15.4. The molecule has 0 radical (unpaired) electrons. The van der Waals surface area contributed by atoms with Crippen molar-refractivity contribution in [2.45, 2.75) is 70.7 Å². The van der Waals surface area contributed by atoms with Gasteiger partial charge in [-0.05, 0) is 74.1 Å². The smallest absolute Gasteiger partial charge is 0.303 e. The van der Waals surface area contributed by atoms with E-state index in [2.05, 4.69) is 31.2 Å². The van der Waals surface area contributed by atoms with Crippen molar-refractivity contribution < 1.29 is 28.5 Å². The van der Waals surface area contributed by atoms with Gasteiger partial charge in [0.05, 0.1) is 7.11 Å². The molecule has 6 atom stereocenters. The molecule has 0 aromatic heterocycles. The van der Waals surface area contributed by atoms with Gasteiger partial charge in [-0.25, -0.2) is 0 Å². The minimum Gasteiger partial charge on any atom is -0.497 e. The van der Waals surface area contributed by atoms with Gasteiger partial charge >= 0.3 is 5.97 Å². The highest BCUT2D eigenvalue weighted by Crippen LogP contribution is 2.80. The molecule has 4 aliphatic carbocycles. The molecule has 0 aliphatic heterocycles. The number of fused-ring (bicyclic) bond motifs is 2. The van der Waals surface area contributed by atoms with Crippen molar-refractivity contribution in [2.75, 3.05) is 20.3 Å². The van der Waals surface area contributed by atoms with Crippen molar-refractivity contribution in [1.82, 2.24) is 0 Å². The Morgan fingerprint density at radius 2 is 1.74 bits per heavy atom. The summed E-state index contributed by atoms with van der Waals surface area (Å²) in [5, 5.41) is 0. The third-order valence-corrected chi connectivity index (χ3v) is 9.84. The second-order valence-electron chi connectivity index (χ2n) is 11.3. The number of ether oxygens (including phenoxy) is 4. The van der Waals surface area contributed by atoms with Crippen LogP contribution in [0, 0.1) is 22.7 Å². The number of carbonyl (C=O) groups excluding carboxylic acids is 2. The van der Waals surface area contributed by atoms with Gasteiger partial charge < -0.3 is 18.9 Å². The Bertz CT molecular complexity index is 1160. The molecule has 6 heteroatoms. The molecule has 0 spiro atoms. The molecule has 204 valence electrons. The van der Waals surface area contributed by atoms with Crippen LogP contribution >= 0.6 is 0 Å². The first-order valence-electron chi connectivity index (χ1n) is 13.9. The van der Waals surface area contributed by atoms with Gasteiger partial charge in [0.1, 0.15) is 5.75 Å². The Kier molecular flexibility index (Phi) is 6.93. The van der Waals surface area contributed by atoms with Gasteiger partial charge in [0.2, 0.25) is 0 Å². The van der Waals surface area contributed by atoms with E-state index < -0.39 is 17.3 Å². The number of carbonyl (C=O) groups is 2. The Hall–Kier alpha value is -2.70. The molecular formula is C32H40O6. The summed E-state index contributed by atoms with van der Waals surface area (Å²) in [4.78, 5) is 26.7. The largest absolute Gasteiger partial charge is 0.497 e. The minimum atomic E-state index is -1.10. The molecule has 0 saturated heterocycles. The van der Waals surface area contributed by atoms with Gasteiger partial charge in [-0.3, -0.25) is 9.59 Å². The first-order valence-corrected chi connectivity index (χ1v) is 13.9. The number of esters is 1. The van der Waals surface area contributed by atoms with Gasteiger partial charge in [-0.15, -0.1) is 0 Å². The second-order valence-corrected chi connectivity index (χ2v) is 11.3. The topological polar surface area (TPSA) is 71.1 Å². The maximum absolute atomic E-state index is 14.0. The van der Waals surface area contributed by atoms with E-state index in [0.29, 0.717) is 13.2 Å². The van der Waals surface area contributed by atoms with Crippen molar-refractivity contribution in [3.05, 3.63) is 66.3 Å². The van der Waals surface area contributed by atoms with E-state index in [-0.39, 0.29) is 34.4 Å². The van der Waals surface area contributed by atoms with Crippen LogP contribution < -0.4 is 4.74 Å². The van der Waals surface area contributed by atoms with Crippen LogP contribution in [0.15, 0.2) is 60.7 Å². The SMILES string of the molecule is CCOC(/C=C/[C@]1(OC(C)=O)C=CC(=O)[C@@H]2[C@H]1[C@]13C=C[C@@]2(c2ccc(OC)cc2)[C@@]1(C)CCCC3)OCC. The molecule has 38 heavy (non-hydrogen) atoms. The number of methoxy groups -OCH3 is 1. The van der Waals surface area contributed by atoms with E-state index in [1.807, 2.05) is 44.2 Å². The monoisotopic (exact) mass is 520 g/mol. The molecule has 5 rings (SSSR count). The summed E-state index contributed by atoms with van der Waals surface area (Å²) in [6.45, 7) is 8.61. The second kappa shape index (κ2) is 9.80. The number of benzene rings is 1. The molecule has 2 bridgehead atoms. The van der Waals surface area contributed by atoms with E-state index in [1.54, 1.807) is 13.2 Å². The predicted octanol–water partition coefficient (Wildman–Crippen LogP) is 5.71. The van der Waals surface area contributed by atoms with Crippen LogP contribution in [0.4, 0.5) is 0 Å². The summed E-state index contributed by atoms with van der Waals surface area (Å²) in [5.41, 5.74) is -1.05. The van der Waals surface area contributed by atoms with Gasteiger partial charge in [0, 0.05) is 42.8 Å². The zero-order valence-corrected chi connectivity index (χ0v) is 23.2. The van der Waals surface area contributed by atoms with Crippen LogP contribution in [0.1, 0.15) is 58.9 Å². The van der Waals surface area contributed by atoms with Gasteiger partial charge in [0.15, 0.2) is 17.7 Å². The van der Waals surface area contributed by atoms with E-state index in [1.165, 1.54) is 6.92 Å². The number of ketones is 1. The van der Waals surface area contributed by atoms with Crippen molar-refractivity contribution in [3.8, 4) is 5.75 Å². The molecule has 2 saturated carbocycles. The molecule has 0 amide bonds. The third-order valence-electron chi connectivity index (χ3n) is 9.84. The first-order chi connectivity index (χ1) is 18.2. The molecule has 0 unspecified atom stereocenters. The van der Waals surface area contributed by atoms with E-state index in [4.69, 9.17) is 18.9 Å². The van der Waals surface area contributed by atoms with Gasteiger partial charge in [-0.1, -0.05) is 44.1 Å². The number of allylic oxidation sites excluding steroid dienone is 3. The fourth-order valence-electron chi connectivity index (χ4n) is 8.53. The summed E-state index contributed by atoms with van der Waals surface area (Å²) < 4.78 is 23.3. The molecular weight excluding hydrogens is 480 g/mol. The van der Waals surface area contributed by atoms with Crippen molar-refractivity contribution in [1.29, 1.82) is 0 Å². The van der Waals surface area contributed by atoms with Gasteiger partial charge in [0.25, 0.3) is 0 Å². The molecule has 4 aliphatic rings. The predicted molar refractivity (Wildman–Crippen MR) is 145 cm³/mol. The zero-order valence-electron chi connectivity index (χ0n) is 23.2. The lowest BCUT2D eigenvalue weighted by Gasteiger charge is -2.52. The highest BCUT2D eigenvalue weighted by Gasteiger charge is 2.80. The summed E-state index contributed by atoms with van der Waals surface area (Å²) in [5.74, 6) is -0.139. The lowest BCUT2D eigenvalue weighted by Crippen LogP contribution is -2.54. The van der Waals surface area contributed by atoms with Crippen LogP contribution in [0.3, 0.4) is 0 Å². The molecule has 1 aromatic carbocycles. The Labute approximate surface area is 226 Å². The minimum absolute atomic E-state index is 0.0903. The van der Waals surface area contributed by atoms with Crippen LogP contribution in [0.25, 0.3) is 0 Å². The normalized spacial score (nSPS) is 37.1. The van der Waals surface area contributed by atoms with Crippen molar-refractivity contribution in [2.24, 2.45) is 22.7 Å². The van der Waals surface area contributed by atoms with Crippen LogP contribution in [-0.2, 0) is 29.2 Å². The Morgan fingerprint density at radius 1 is 1.05 bits per heavy atom. The van der Waals surface area contributed by atoms with E-state index in [9.17, 15) is 9.59 Å². The van der Waals surface area contributed by atoms with Crippen molar-refractivity contribution >= 4 is 11.8 Å². The highest BCUT2D eigenvalue weighted by molar-refractivity contribution is 5.97. The highest BCUT2D eigenvalue weighted by atomic mass is 16.7. The summed E-state index contributed by atoms with van der Waals surface area (Å²) in [6, 6.07) is 8.18. The average Bonchev–Trinajstić information content (AvgIpc) is 3.30. The maximum atomic E-state index is 14.0.